The van der Waals surface area contributed by atoms with Crippen LogP contribution in [0.1, 0.15) is 15.9 Å². The molecule has 88 valence electrons. The van der Waals surface area contributed by atoms with Crippen molar-refractivity contribution < 1.29 is 18.7 Å². The minimum atomic E-state index is -0.731. The first-order valence-corrected chi connectivity index (χ1v) is 4.72. The number of carbonyl (C=O) groups is 1. The lowest BCUT2D eigenvalue weighted by Gasteiger charge is -2.12. The molecule has 0 radical (unpaired) electrons. The minimum absolute atomic E-state index is 0.124. The molecular formula is C11H14FNO3. The number of hydrogen-bond acceptors (Lipinski definition) is 4. The van der Waals surface area contributed by atoms with E-state index < -0.39 is 6.67 Å². The third-order valence-corrected chi connectivity index (χ3v) is 2.21. The van der Waals surface area contributed by atoms with Gasteiger partial charge in [-0.05, 0) is 12.1 Å². The number of methoxy groups -OCH3 is 2. The maximum atomic E-state index is 12.8. The molecular weight excluding hydrogens is 213 g/mol. The number of nitrogens with two attached hydrogens (primary N) is 1. The highest BCUT2D eigenvalue weighted by atomic mass is 19.1. The number of Topliss-reactive ketones (excluding diaryl/α,β-unsaturated/α-hetero) is 1. The fourth-order valence-corrected chi connectivity index (χ4v) is 1.42. The lowest BCUT2D eigenvalue weighted by atomic mass is 10.1. The highest BCUT2D eigenvalue weighted by molar-refractivity contribution is 5.98. The second kappa shape index (κ2) is 5.46. The van der Waals surface area contributed by atoms with Crippen LogP contribution in [-0.4, -0.2) is 26.5 Å². The van der Waals surface area contributed by atoms with Crippen molar-refractivity contribution in [1.29, 1.82) is 0 Å². The molecule has 0 saturated carbocycles. The van der Waals surface area contributed by atoms with Gasteiger partial charge in [-0.1, -0.05) is 0 Å². The smallest absolute Gasteiger partial charge is 0.176 e. The van der Waals surface area contributed by atoms with Crippen LogP contribution in [0.2, 0.25) is 0 Å². The zero-order valence-corrected chi connectivity index (χ0v) is 9.25. The van der Waals surface area contributed by atoms with Crippen LogP contribution >= 0.6 is 0 Å². The molecule has 0 fully saturated rings. The van der Waals surface area contributed by atoms with Gasteiger partial charge >= 0.3 is 0 Å². The summed E-state index contributed by atoms with van der Waals surface area (Å²) in [7, 11) is 2.85. The van der Waals surface area contributed by atoms with Crippen molar-refractivity contribution >= 4 is 5.78 Å². The molecule has 0 spiro atoms. The van der Waals surface area contributed by atoms with Crippen LogP contribution in [0.25, 0.3) is 0 Å². The summed E-state index contributed by atoms with van der Waals surface area (Å²) < 4.78 is 22.8. The lowest BCUT2D eigenvalue weighted by molar-refractivity contribution is 0.100. The van der Waals surface area contributed by atoms with E-state index >= 15 is 0 Å². The second-order valence-corrected chi connectivity index (χ2v) is 3.13. The highest BCUT2D eigenvalue weighted by Gasteiger charge is 2.15. The van der Waals surface area contributed by atoms with Crippen molar-refractivity contribution in [3.05, 3.63) is 23.3 Å². The van der Waals surface area contributed by atoms with Gasteiger partial charge in [0, 0.05) is 11.1 Å². The SMILES string of the molecule is COc1cc(C(=O)CN)cc(CF)c1OC. The molecule has 4 nitrogen and oxygen atoms in total. The molecule has 0 bridgehead atoms. The number of rotatable bonds is 5. The highest BCUT2D eigenvalue weighted by Crippen LogP contribution is 2.33. The van der Waals surface area contributed by atoms with E-state index in [1.807, 2.05) is 0 Å². The molecule has 0 aromatic heterocycles. The topological polar surface area (TPSA) is 61.5 Å². The maximum Gasteiger partial charge on any atom is 0.176 e. The largest absolute Gasteiger partial charge is 0.493 e. The van der Waals surface area contributed by atoms with E-state index in [9.17, 15) is 9.18 Å². The Morgan fingerprint density at radius 1 is 1.38 bits per heavy atom. The molecule has 5 heteroatoms. The number of ketones is 1. The summed E-state index contributed by atoms with van der Waals surface area (Å²) in [6.45, 7) is -0.855. The summed E-state index contributed by atoms with van der Waals surface area (Å²) in [6, 6.07) is 2.92. The Hall–Kier alpha value is -1.62. The summed E-state index contributed by atoms with van der Waals surface area (Å²) in [4.78, 5) is 11.4. The predicted octanol–water partition coefficient (Wildman–Crippen LogP) is 1.31. The minimum Gasteiger partial charge on any atom is -0.493 e. The number of halogens is 1. The first kappa shape index (κ1) is 12.4. The van der Waals surface area contributed by atoms with Gasteiger partial charge in [-0.15, -0.1) is 0 Å². The quantitative estimate of drug-likeness (QED) is 0.770. The van der Waals surface area contributed by atoms with E-state index in [0.717, 1.165) is 0 Å². The molecule has 16 heavy (non-hydrogen) atoms. The molecule has 0 amide bonds. The van der Waals surface area contributed by atoms with Crippen molar-refractivity contribution in [2.75, 3.05) is 20.8 Å². The molecule has 0 aliphatic rings. The average molecular weight is 227 g/mol. The van der Waals surface area contributed by atoms with Crippen LogP contribution in [0.3, 0.4) is 0 Å². The van der Waals surface area contributed by atoms with E-state index in [-0.39, 0.29) is 17.9 Å². The molecule has 2 N–H and O–H groups in total. The van der Waals surface area contributed by atoms with Gasteiger partial charge in [0.1, 0.15) is 6.67 Å². The Balaban J connectivity index is 3.31. The number of carbonyl (C=O) groups excluding carboxylic acids is 1. The van der Waals surface area contributed by atoms with Crippen LogP contribution in [0.15, 0.2) is 12.1 Å². The zero-order chi connectivity index (χ0) is 12.1. The lowest BCUT2D eigenvalue weighted by Crippen LogP contribution is -2.14. The number of hydrogen-bond donors (Lipinski definition) is 1. The van der Waals surface area contributed by atoms with Crippen LogP contribution in [0.4, 0.5) is 4.39 Å². The summed E-state index contributed by atoms with van der Waals surface area (Å²) in [5.74, 6) is 0.365. The van der Waals surface area contributed by atoms with Crippen molar-refractivity contribution in [3.8, 4) is 11.5 Å². The summed E-state index contributed by atoms with van der Waals surface area (Å²) in [5, 5.41) is 0. The molecule has 1 aromatic carbocycles. The Kier molecular flexibility index (Phi) is 4.25. The van der Waals surface area contributed by atoms with Gasteiger partial charge < -0.3 is 15.2 Å². The normalized spacial score (nSPS) is 10.0. The molecule has 1 rings (SSSR count). The summed E-state index contributed by atoms with van der Waals surface area (Å²) in [5.41, 5.74) is 5.85. The first-order chi connectivity index (χ1) is 7.67. The Morgan fingerprint density at radius 3 is 2.50 bits per heavy atom. The van der Waals surface area contributed by atoms with Gasteiger partial charge in [0.25, 0.3) is 0 Å². The van der Waals surface area contributed by atoms with Gasteiger partial charge in [-0.3, -0.25) is 4.79 Å². The van der Waals surface area contributed by atoms with Gasteiger partial charge in [-0.2, -0.15) is 0 Å². The van der Waals surface area contributed by atoms with Gasteiger partial charge in [0.2, 0.25) is 0 Å². The number of alkyl halides is 1. The monoisotopic (exact) mass is 227 g/mol. The Labute approximate surface area is 93.2 Å². The van der Waals surface area contributed by atoms with Crippen LogP contribution in [0.5, 0.6) is 11.5 Å². The third kappa shape index (κ3) is 2.30. The molecule has 0 aliphatic carbocycles. The fourth-order valence-electron chi connectivity index (χ4n) is 1.42. The number of benzene rings is 1. The summed E-state index contributed by atoms with van der Waals surface area (Å²) in [6.07, 6.45) is 0. The van der Waals surface area contributed by atoms with Crippen LogP contribution in [-0.2, 0) is 6.67 Å². The maximum absolute atomic E-state index is 12.8. The standard InChI is InChI=1S/C11H14FNO3/c1-15-10-4-7(9(14)6-13)3-8(5-12)11(10)16-2/h3-4H,5-6,13H2,1-2H3. The van der Waals surface area contributed by atoms with Crippen molar-refractivity contribution in [2.45, 2.75) is 6.67 Å². The van der Waals surface area contributed by atoms with E-state index in [2.05, 4.69) is 0 Å². The Bertz CT molecular complexity index is 368. The van der Waals surface area contributed by atoms with Crippen LogP contribution < -0.4 is 15.2 Å². The molecule has 0 saturated heterocycles. The van der Waals surface area contributed by atoms with Crippen molar-refractivity contribution in [1.82, 2.24) is 0 Å². The summed E-state index contributed by atoms with van der Waals surface area (Å²) >= 11 is 0. The van der Waals surface area contributed by atoms with E-state index in [1.165, 1.54) is 26.4 Å². The second-order valence-electron chi connectivity index (χ2n) is 3.13. The molecule has 0 aliphatic heterocycles. The van der Waals surface area contributed by atoms with E-state index in [0.29, 0.717) is 17.1 Å². The number of ether oxygens (including phenoxy) is 2. The average Bonchev–Trinajstić information content (AvgIpc) is 2.35. The first-order valence-electron chi connectivity index (χ1n) is 4.72. The van der Waals surface area contributed by atoms with E-state index in [1.54, 1.807) is 0 Å². The molecule has 0 heterocycles. The Morgan fingerprint density at radius 2 is 2.06 bits per heavy atom. The zero-order valence-electron chi connectivity index (χ0n) is 9.25. The van der Waals surface area contributed by atoms with Gasteiger partial charge in [0.15, 0.2) is 17.3 Å². The fraction of sp³-hybridized carbons (Fsp3) is 0.364. The molecule has 0 atom stereocenters. The molecule has 0 unspecified atom stereocenters. The van der Waals surface area contributed by atoms with Crippen molar-refractivity contribution in [2.24, 2.45) is 5.73 Å². The van der Waals surface area contributed by atoms with Crippen molar-refractivity contribution in [3.63, 3.8) is 0 Å². The van der Waals surface area contributed by atoms with Gasteiger partial charge in [-0.25, -0.2) is 4.39 Å². The van der Waals surface area contributed by atoms with E-state index in [4.69, 9.17) is 15.2 Å². The molecule has 1 aromatic rings. The van der Waals surface area contributed by atoms with Crippen LogP contribution in [0, 0.1) is 0 Å². The van der Waals surface area contributed by atoms with Gasteiger partial charge in [0.05, 0.1) is 20.8 Å². The third-order valence-electron chi connectivity index (χ3n) is 2.21. The predicted molar refractivity (Wildman–Crippen MR) is 57.7 cm³/mol.